The molecule has 0 aliphatic carbocycles. The molecular formula is C23H24F2N4O. The third-order valence-corrected chi connectivity index (χ3v) is 5.45. The lowest BCUT2D eigenvalue weighted by atomic mass is 9.98. The number of pyridine rings is 1. The van der Waals surface area contributed by atoms with Crippen LogP contribution in [0, 0.1) is 17.6 Å². The van der Waals surface area contributed by atoms with E-state index in [1.807, 2.05) is 12.4 Å². The van der Waals surface area contributed by atoms with Crippen LogP contribution in [0.3, 0.4) is 0 Å². The molecule has 0 bridgehead atoms. The Morgan fingerprint density at radius 1 is 1.03 bits per heavy atom. The highest BCUT2D eigenvalue weighted by Crippen LogP contribution is 2.30. The van der Waals surface area contributed by atoms with Crippen molar-refractivity contribution in [2.24, 2.45) is 5.92 Å². The average Bonchev–Trinajstić information content (AvgIpc) is 2.79. The van der Waals surface area contributed by atoms with Crippen molar-refractivity contribution in [1.82, 2.24) is 15.0 Å². The molecule has 0 spiro atoms. The first-order valence-electron chi connectivity index (χ1n) is 10.2. The van der Waals surface area contributed by atoms with Crippen molar-refractivity contribution in [3.05, 3.63) is 66.3 Å². The molecule has 30 heavy (non-hydrogen) atoms. The van der Waals surface area contributed by atoms with Crippen molar-refractivity contribution in [3.63, 3.8) is 0 Å². The molecule has 1 aliphatic rings. The van der Waals surface area contributed by atoms with E-state index in [9.17, 15) is 8.78 Å². The van der Waals surface area contributed by atoms with E-state index in [0.717, 1.165) is 43.9 Å². The van der Waals surface area contributed by atoms with Crippen LogP contribution in [-0.4, -0.2) is 34.6 Å². The second-order valence-corrected chi connectivity index (χ2v) is 7.50. The molecule has 3 heterocycles. The molecule has 1 saturated heterocycles. The van der Waals surface area contributed by atoms with Gasteiger partial charge in [0.2, 0.25) is 5.95 Å². The van der Waals surface area contributed by atoms with Gasteiger partial charge in [0.15, 0.2) is 17.4 Å². The lowest BCUT2D eigenvalue weighted by Crippen LogP contribution is -2.36. The number of rotatable bonds is 6. The summed E-state index contributed by atoms with van der Waals surface area (Å²) in [6, 6.07) is 6.06. The minimum atomic E-state index is -0.698. The van der Waals surface area contributed by atoms with Crippen LogP contribution in [0.15, 0.2) is 49.1 Å². The van der Waals surface area contributed by atoms with Gasteiger partial charge in [0.05, 0.1) is 6.61 Å². The summed E-state index contributed by atoms with van der Waals surface area (Å²) in [5, 5.41) is 0. The van der Waals surface area contributed by atoms with Gasteiger partial charge in [0, 0.05) is 43.4 Å². The Balaban J connectivity index is 1.34. The van der Waals surface area contributed by atoms with Gasteiger partial charge >= 0.3 is 0 Å². The Kier molecular flexibility index (Phi) is 6.16. The fourth-order valence-corrected chi connectivity index (χ4v) is 3.59. The molecule has 4 rings (SSSR count). The molecule has 5 nitrogen and oxygen atoms in total. The summed E-state index contributed by atoms with van der Waals surface area (Å²) in [5.74, 6) is -0.752. The fourth-order valence-electron chi connectivity index (χ4n) is 3.59. The monoisotopic (exact) mass is 410 g/mol. The first-order chi connectivity index (χ1) is 14.6. The Morgan fingerprint density at radius 2 is 1.73 bits per heavy atom. The van der Waals surface area contributed by atoms with Crippen LogP contribution in [0.5, 0.6) is 5.75 Å². The summed E-state index contributed by atoms with van der Waals surface area (Å²) in [5.41, 5.74) is 2.21. The summed E-state index contributed by atoms with van der Waals surface area (Å²) in [6.45, 7) is 3.94. The maximum atomic E-state index is 14.5. The predicted molar refractivity (Wildman–Crippen MR) is 111 cm³/mol. The Morgan fingerprint density at radius 3 is 2.33 bits per heavy atom. The van der Waals surface area contributed by atoms with E-state index >= 15 is 0 Å². The number of ether oxygens (including phenoxy) is 1. The van der Waals surface area contributed by atoms with E-state index < -0.39 is 11.6 Å². The van der Waals surface area contributed by atoms with Crippen LogP contribution in [0.1, 0.15) is 25.3 Å². The lowest BCUT2D eigenvalue weighted by Gasteiger charge is -2.31. The van der Waals surface area contributed by atoms with Crippen molar-refractivity contribution in [2.45, 2.75) is 26.2 Å². The first kappa shape index (κ1) is 20.2. The molecule has 1 aromatic carbocycles. The molecule has 156 valence electrons. The Bertz CT molecular complexity index is 951. The molecule has 0 unspecified atom stereocenters. The highest BCUT2D eigenvalue weighted by Gasteiger charge is 2.23. The zero-order valence-electron chi connectivity index (χ0n) is 16.9. The summed E-state index contributed by atoms with van der Waals surface area (Å²) in [7, 11) is 0. The molecule has 0 N–H and O–H groups in total. The van der Waals surface area contributed by atoms with Crippen molar-refractivity contribution in [3.8, 4) is 16.9 Å². The van der Waals surface area contributed by atoms with Crippen molar-refractivity contribution in [1.29, 1.82) is 0 Å². The molecule has 3 aromatic rings. The van der Waals surface area contributed by atoms with Crippen molar-refractivity contribution >= 4 is 5.95 Å². The summed E-state index contributed by atoms with van der Waals surface area (Å²) in [6.07, 6.45) is 9.53. The maximum Gasteiger partial charge on any atom is 0.225 e. The van der Waals surface area contributed by atoms with E-state index in [0.29, 0.717) is 11.1 Å². The quantitative estimate of drug-likeness (QED) is 0.591. The largest absolute Gasteiger partial charge is 0.487 e. The van der Waals surface area contributed by atoms with E-state index in [1.165, 1.54) is 12.1 Å². The van der Waals surface area contributed by atoms with Gasteiger partial charge in [0.1, 0.15) is 0 Å². The van der Waals surface area contributed by atoms with Crippen LogP contribution >= 0.6 is 0 Å². The third kappa shape index (κ3) is 4.56. The molecule has 1 aliphatic heterocycles. The number of halogens is 2. The van der Waals surface area contributed by atoms with Gasteiger partial charge in [-0.05, 0) is 54.5 Å². The van der Waals surface area contributed by atoms with E-state index in [2.05, 4.69) is 26.8 Å². The zero-order valence-corrected chi connectivity index (χ0v) is 16.9. The number of hydrogen-bond donors (Lipinski definition) is 0. The molecular weight excluding hydrogens is 386 g/mol. The van der Waals surface area contributed by atoms with Gasteiger partial charge in [-0.1, -0.05) is 13.0 Å². The molecule has 0 saturated carbocycles. The Hall–Kier alpha value is -3.09. The first-order valence-corrected chi connectivity index (χ1v) is 10.2. The number of aryl methyl sites for hydroxylation is 1. The minimum absolute atomic E-state index is 0.230. The molecule has 0 amide bonds. The van der Waals surface area contributed by atoms with Gasteiger partial charge in [0.25, 0.3) is 0 Å². The topological polar surface area (TPSA) is 51.1 Å². The van der Waals surface area contributed by atoms with Crippen molar-refractivity contribution in [2.75, 3.05) is 24.6 Å². The maximum absolute atomic E-state index is 14.5. The smallest absolute Gasteiger partial charge is 0.225 e. The molecule has 7 heteroatoms. The van der Waals surface area contributed by atoms with Crippen LogP contribution in [-0.2, 0) is 6.42 Å². The highest BCUT2D eigenvalue weighted by atomic mass is 19.1. The normalized spacial score (nSPS) is 14.7. The second-order valence-electron chi connectivity index (χ2n) is 7.50. The standard InChI is InChI=1S/C23H24F2N4O/c1-2-16-12-27-23(28-13-16)29-8-5-17(6-9-29)15-30-22-20(24)10-19(11-21(22)25)18-4-3-7-26-14-18/h3-4,7,10-14,17H,2,5-6,8-9,15H2,1H3. The van der Waals surface area contributed by atoms with E-state index in [4.69, 9.17) is 4.74 Å². The van der Waals surface area contributed by atoms with Crippen LogP contribution in [0.4, 0.5) is 14.7 Å². The Labute approximate surface area is 174 Å². The predicted octanol–water partition coefficient (Wildman–Crippen LogP) is 4.67. The average molecular weight is 410 g/mol. The molecule has 1 fully saturated rings. The second kappa shape index (κ2) is 9.15. The minimum Gasteiger partial charge on any atom is -0.487 e. The summed E-state index contributed by atoms with van der Waals surface area (Å²) < 4.78 is 34.5. The van der Waals surface area contributed by atoms with Gasteiger partial charge < -0.3 is 9.64 Å². The molecule has 2 aromatic heterocycles. The number of anilines is 1. The number of aromatic nitrogens is 3. The van der Waals surface area contributed by atoms with Gasteiger partial charge in [-0.25, -0.2) is 18.7 Å². The van der Waals surface area contributed by atoms with Gasteiger partial charge in [-0.15, -0.1) is 0 Å². The van der Waals surface area contributed by atoms with Gasteiger partial charge in [-0.3, -0.25) is 4.98 Å². The number of piperidine rings is 1. The molecule has 0 atom stereocenters. The van der Waals surface area contributed by atoms with Crippen LogP contribution in [0.2, 0.25) is 0 Å². The number of benzene rings is 1. The third-order valence-electron chi connectivity index (χ3n) is 5.45. The summed E-state index contributed by atoms with van der Waals surface area (Å²) >= 11 is 0. The SMILES string of the molecule is CCc1cnc(N2CCC(COc3c(F)cc(-c4cccnc4)cc3F)CC2)nc1. The van der Waals surface area contributed by atoms with Crippen LogP contribution in [0.25, 0.3) is 11.1 Å². The fraction of sp³-hybridized carbons (Fsp3) is 0.348. The van der Waals surface area contributed by atoms with E-state index in [1.54, 1.807) is 24.5 Å². The molecule has 0 radical (unpaired) electrons. The highest BCUT2D eigenvalue weighted by molar-refractivity contribution is 5.63. The summed E-state index contributed by atoms with van der Waals surface area (Å²) in [4.78, 5) is 15.0. The number of nitrogens with zero attached hydrogens (tertiary/aromatic N) is 4. The number of hydrogen-bond acceptors (Lipinski definition) is 5. The zero-order chi connectivity index (χ0) is 20.9. The van der Waals surface area contributed by atoms with Crippen LogP contribution < -0.4 is 9.64 Å². The van der Waals surface area contributed by atoms with E-state index in [-0.39, 0.29) is 18.3 Å². The van der Waals surface area contributed by atoms with Gasteiger partial charge in [-0.2, -0.15) is 0 Å². The van der Waals surface area contributed by atoms with Crippen molar-refractivity contribution < 1.29 is 13.5 Å². The lowest BCUT2D eigenvalue weighted by molar-refractivity contribution is 0.207.